The Morgan fingerprint density at radius 1 is 0.250 bits per heavy atom. The molecule has 0 saturated heterocycles. The van der Waals surface area contributed by atoms with Gasteiger partial charge in [-0.2, -0.15) is 0 Å². The Hall–Kier alpha value is -7.10. The number of allylic oxidation sites excluding steroid dienone is 1. The van der Waals surface area contributed by atoms with Crippen LogP contribution in [0.1, 0.15) is 88.5 Å². The Labute approximate surface area is 805 Å². The first-order valence-corrected chi connectivity index (χ1v) is 46.2. The Morgan fingerprint density at radius 2 is 0.463 bits per heavy atom. The van der Waals surface area contributed by atoms with Crippen LogP contribution in [0.25, 0.3) is 12.4 Å². The lowest BCUT2D eigenvalue weighted by atomic mass is 10.3. The summed E-state index contributed by atoms with van der Waals surface area (Å²) in [5, 5.41) is 47.6. The number of rotatable bonds is 89. The van der Waals surface area contributed by atoms with Gasteiger partial charge in [-0.15, -0.1) is 36.3 Å². The van der Waals surface area contributed by atoms with Gasteiger partial charge in [-0.05, 0) is 47.1 Å². The molecule has 0 unspecified atom stereocenters. The highest BCUT2D eigenvalue weighted by Gasteiger charge is 2.08. The van der Waals surface area contributed by atoms with E-state index in [-0.39, 0.29) is 0 Å². The summed E-state index contributed by atoms with van der Waals surface area (Å²) in [4.78, 5) is 0. The zero-order chi connectivity index (χ0) is 98.7. The van der Waals surface area contributed by atoms with Crippen LogP contribution in [0, 0.1) is 0 Å². The number of hydrogen-bond donors (Lipinski definition) is 0. The van der Waals surface area contributed by atoms with E-state index >= 15 is 0 Å². The second kappa shape index (κ2) is 107. The van der Waals surface area contributed by atoms with E-state index in [1.165, 1.54) is 4.68 Å². The molecule has 0 bridgehead atoms. The predicted molar refractivity (Wildman–Crippen MR) is 499 cm³/mol. The van der Waals surface area contributed by atoms with Crippen molar-refractivity contribution in [2.75, 3.05) is 354 Å². The van der Waals surface area contributed by atoms with Gasteiger partial charge in [0.05, 0.1) is 374 Å². The van der Waals surface area contributed by atoms with Crippen molar-refractivity contribution in [3.05, 3.63) is 89.7 Å². The van der Waals surface area contributed by atoms with Crippen molar-refractivity contribution in [3.63, 3.8) is 0 Å². The van der Waals surface area contributed by atoms with Crippen LogP contribution in [-0.2, 0) is 208 Å². The summed E-state index contributed by atoms with van der Waals surface area (Å²) < 4.78 is 167. The second-order valence-corrected chi connectivity index (χ2v) is 27.1. The third-order valence-corrected chi connectivity index (χ3v) is 16.2. The molecule has 0 radical (unpaired) electrons. The summed E-state index contributed by atoms with van der Waals surface area (Å²) >= 11 is 0. The molecule has 788 valence electrons. The van der Waals surface area contributed by atoms with Crippen molar-refractivity contribution < 1.29 is 142 Å². The quantitative estimate of drug-likeness (QED) is 0.0271. The van der Waals surface area contributed by atoms with Gasteiger partial charge in [-0.1, -0.05) is 51.2 Å². The minimum absolute atomic E-state index is 0.398. The fourth-order valence-electron chi connectivity index (χ4n) is 9.15. The number of hydrogen-bond acceptors (Lipinski definition) is 42. The summed E-state index contributed by atoms with van der Waals surface area (Å²) in [6.45, 7) is 47.5. The van der Waals surface area contributed by atoms with Crippen molar-refractivity contribution in [2.24, 2.45) is 0 Å². The third-order valence-electron chi connectivity index (χ3n) is 16.2. The number of aryl methyl sites for hydroxylation is 3. The summed E-state index contributed by atoms with van der Waals surface area (Å²) in [7, 11) is 11.5. The lowest BCUT2D eigenvalue weighted by Gasteiger charge is -2.06. The average molecular weight is 1960 g/mol. The van der Waals surface area contributed by atoms with E-state index < -0.39 is 0 Å². The number of ether oxygens (including phenoxy) is 30. The van der Waals surface area contributed by atoms with Crippen LogP contribution in [0.3, 0.4) is 0 Å². The van der Waals surface area contributed by atoms with Gasteiger partial charge in [0.15, 0.2) is 0 Å². The van der Waals surface area contributed by atoms with E-state index in [0.717, 1.165) is 79.9 Å². The fraction of sp³-hybridized carbons (Fsp3) is 0.807. The third kappa shape index (κ3) is 89.5. The molecule has 0 aliphatic rings. The molecule has 0 spiro atoms. The first-order chi connectivity index (χ1) is 67.1. The molecule has 0 amide bonds. The molecule has 136 heavy (non-hydrogen) atoms. The molecule has 6 heterocycles. The number of methoxy groups -OCH3 is 7. The molecular weight excluding hydrogens is 1790 g/mol. The Kier molecular flexibility index (Phi) is 101. The van der Waals surface area contributed by atoms with Crippen molar-refractivity contribution in [1.82, 2.24) is 90.0 Å². The monoisotopic (exact) mass is 1960 g/mol. The first-order valence-electron chi connectivity index (χ1n) is 46.2. The second-order valence-electron chi connectivity index (χ2n) is 27.1. The summed E-state index contributed by atoms with van der Waals surface area (Å²) in [5.41, 5.74) is 7.76. The van der Waals surface area contributed by atoms with Gasteiger partial charge >= 0.3 is 0 Å². The molecule has 0 saturated carbocycles. The maximum atomic E-state index is 5.52. The van der Waals surface area contributed by atoms with E-state index in [1.54, 1.807) is 99.4 Å². The van der Waals surface area contributed by atoms with Crippen LogP contribution in [0.2, 0.25) is 0 Å². The van der Waals surface area contributed by atoms with Crippen LogP contribution in [0.15, 0.2) is 55.6 Å². The van der Waals surface area contributed by atoms with Gasteiger partial charge in [0.2, 0.25) is 0 Å². The molecule has 48 heteroatoms. The highest BCUT2D eigenvalue weighted by Crippen LogP contribution is 2.04. The van der Waals surface area contributed by atoms with Gasteiger partial charge in [0.1, 0.15) is 41.0 Å². The maximum Gasteiger partial charge on any atom is 0.146 e. The Balaban J connectivity index is 0.00000160. The van der Waals surface area contributed by atoms with Gasteiger partial charge in [0.25, 0.3) is 0 Å². The molecular formula is C88H166N18O30. The van der Waals surface area contributed by atoms with E-state index in [2.05, 4.69) is 81.1 Å². The SMILES string of the molecule is C=Cn1cc(COCCOCCOCCOC)nn1.CC=C=Cn1cc(COCCOCCOCCOC)nn1.CCCCn1cc(COCCOCCOCCOC)nn1.CCOCOCC.CCn1cc(COCCOCCOCCOC)nn1.CCn1cc(COCCOCCOCCOC)nn1.COCCOCCOCCOCCn1cc(COCCOCCOCCOC)nn1. The Morgan fingerprint density at radius 3 is 0.691 bits per heavy atom. The number of unbranched alkanes of at least 4 members (excludes halogenated alkanes) is 1. The average Bonchev–Trinajstić information content (AvgIpc) is 1.79. The molecule has 0 fully saturated rings. The molecule has 6 aromatic heterocycles. The Bertz CT molecular complexity index is 3350. The van der Waals surface area contributed by atoms with Crippen molar-refractivity contribution in [3.8, 4) is 0 Å². The van der Waals surface area contributed by atoms with E-state index in [9.17, 15) is 0 Å². The van der Waals surface area contributed by atoms with E-state index in [4.69, 9.17) is 142 Å². The number of aromatic nitrogens is 18. The van der Waals surface area contributed by atoms with Crippen LogP contribution in [0.4, 0.5) is 0 Å². The van der Waals surface area contributed by atoms with Gasteiger partial charge in [-0.25, -0.2) is 14.0 Å². The highest BCUT2D eigenvalue weighted by atomic mass is 16.7. The molecule has 6 aromatic rings. The molecule has 0 N–H and O–H groups in total. The van der Waals surface area contributed by atoms with Gasteiger partial charge < -0.3 is 142 Å². The topological polar surface area (TPSA) is 461 Å². The van der Waals surface area contributed by atoms with Crippen LogP contribution < -0.4 is 0 Å². The predicted octanol–water partition coefficient (Wildman–Crippen LogP) is 5.14. The smallest absolute Gasteiger partial charge is 0.146 e. The van der Waals surface area contributed by atoms with Crippen molar-refractivity contribution >= 4 is 12.4 Å². The van der Waals surface area contributed by atoms with E-state index in [0.29, 0.717) is 337 Å². The molecule has 0 atom stereocenters. The summed E-state index contributed by atoms with van der Waals surface area (Å²) in [6.07, 6.45) is 18.4. The summed E-state index contributed by atoms with van der Waals surface area (Å²) in [6, 6.07) is 0. The minimum atomic E-state index is 0.398. The molecule has 48 nitrogen and oxygen atoms in total. The van der Waals surface area contributed by atoms with Crippen LogP contribution >= 0.6 is 0 Å². The zero-order valence-electron chi connectivity index (χ0n) is 83.7. The van der Waals surface area contributed by atoms with Gasteiger partial charge in [-0.3, -0.25) is 14.0 Å². The largest absolute Gasteiger partial charge is 0.382 e. The maximum absolute atomic E-state index is 5.52. The van der Waals surface area contributed by atoms with Crippen molar-refractivity contribution in [1.29, 1.82) is 0 Å². The highest BCUT2D eigenvalue weighted by molar-refractivity contribution is 5.18. The molecule has 6 rings (SSSR count). The standard InChI is InChI=1S/C19H37N3O8.C14H27N3O4.C14H23N3O4.2C12H23N3O4.C12H21N3O4.C5H12O2/c1-23-5-7-26-11-13-28-10-9-25-4-3-22-17-19(20-21-22)18-30-16-15-29-14-12-27-8-6-24-2;2*1-3-4-5-17-12-14(15-16-17)13-21-11-10-20-9-8-19-7-6-18-2;3*1-3-15-10-12(13-14-15)11-19-9-8-18-7-6-17-5-4-16-2;1-3-6-5-7-4-2/h17H,3-16,18H2,1-2H3;12H,3-11,13H2,1-2H3;3,5,12H,6-11,13H2,1-2H3;2*10H,3-9,11H2,1-2H3;3,10H,1,4-9,11H2,2H3;3-5H2,1-2H3. The lowest BCUT2D eigenvalue weighted by Crippen LogP contribution is -2.13. The van der Waals surface area contributed by atoms with Crippen LogP contribution in [0.5, 0.6) is 0 Å². The van der Waals surface area contributed by atoms with Crippen LogP contribution in [-0.4, -0.2) is 444 Å². The normalized spacial score (nSPS) is 10.9. The number of nitrogens with zero attached hydrogens (tertiary/aromatic N) is 18. The molecule has 0 aromatic carbocycles. The minimum Gasteiger partial charge on any atom is -0.382 e. The molecule has 0 aliphatic heterocycles. The van der Waals surface area contributed by atoms with E-state index in [1.807, 2.05) is 64.1 Å². The fourth-order valence-corrected chi connectivity index (χ4v) is 9.15. The molecule has 0 aliphatic carbocycles. The van der Waals surface area contributed by atoms with Crippen molar-refractivity contribution in [2.45, 2.75) is 120 Å². The zero-order valence-corrected chi connectivity index (χ0v) is 83.7. The van der Waals surface area contributed by atoms with Gasteiger partial charge in [0, 0.05) is 88.8 Å². The first kappa shape index (κ1) is 129. The lowest BCUT2D eigenvalue weighted by molar-refractivity contribution is -0.0445. The summed E-state index contributed by atoms with van der Waals surface area (Å²) in [5.74, 6) is 0.